The second kappa shape index (κ2) is 14.2. The van der Waals surface area contributed by atoms with Crippen LogP contribution in [-0.2, 0) is 14.3 Å². The van der Waals surface area contributed by atoms with Gasteiger partial charge in [-0.2, -0.15) is 0 Å². The number of carbonyl (C=O) groups excluding carboxylic acids is 2. The van der Waals surface area contributed by atoms with Gasteiger partial charge in [-0.15, -0.1) is 0 Å². The second-order valence-corrected chi connectivity index (χ2v) is 11.4. The van der Waals surface area contributed by atoms with E-state index in [-0.39, 0.29) is 29.2 Å². The molecule has 0 aliphatic carbocycles. The number of fused-ring (bicyclic) bond motifs is 1. The third kappa shape index (κ3) is 7.11. The number of methoxy groups -OCH3 is 2. The number of nitrogens with zero attached hydrogens (tertiary/aromatic N) is 2. The first-order chi connectivity index (χ1) is 21.1. The fourth-order valence-electron chi connectivity index (χ4n) is 4.65. The third-order valence-corrected chi connectivity index (χ3v) is 7.75. The van der Waals surface area contributed by atoms with Gasteiger partial charge in [-0.25, -0.2) is 9.79 Å². The lowest BCUT2D eigenvalue weighted by Gasteiger charge is -2.25. The van der Waals surface area contributed by atoms with Gasteiger partial charge in [0, 0.05) is 6.92 Å². The Balaban J connectivity index is 1.84. The molecule has 44 heavy (non-hydrogen) atoms. The molecule has 0 fully saturated rings. The van der Waals surface area contributed by atoms with E-state index in [0.29, 0.717) is 44.6 Å². The average Bonchev–Trinajstić information content (AvgIpc) is 3.29. The first-order valence-corrected chi connectivity index (χ1v) is 14.9. The zero-order chi connectivity index (χ0) is 32.0. The molecule has 11 heteroatoms. The SMILES string of the molecule is C=CCOC(=O)C1=C(C)N=c2s/c(=C\c3ccc(OCCC(C)C)c(OC)c3)c(=O)n2C1c1ccc(OC(C)=O)c(OC)c1. The first kappa shape index (κ1) is 32.3. The highest BCUT2D eigenvalue weighted by molar-refractivity contribution is 7.07. The van der Waals surface area contributed by atoms with Gasteiger partial charge in [-0.1, -0.05) is 50.0 Å². The minimum absolute atomic E-state index is 0.0134. The molecule has 1 unspecified atom stereocenters. The van der Waals surface area contributed by atoms with Crippen molar-refractivity contribution in [3.63, 3.8) is 0 Å². The van der Waals surface area contributed by atoms with Gasteiger partial charge in [0.15, 0.2) is 27.8 Å². The van der Waals surface area contributed by atoms with E-state index in [1.54, 1.807) is 38.3 Å². The monoisotopic (exact) mass is 620 g/mol. The number of thiazole rings is 1. The number of benzene rings is 2. The number of aromatic nitrogens is 1. The lowest BCUT2D eigenvalue weighted by Crippen LogP contribution is -2.40. The molecule has 232 valence electrons. The number of allylic oxidation sites excluding steroid dienone is 1. The fourth-order valence-corrected chi connectivity index (χ4v) is 5.70. The summed E-state index contributed by atoms with van der Waals surface area (Å²) in [6, 6.07) is 9.45. The maximum atomic E-state index is 14.0. The topological polar surface area (TPSA) is 115 Å². The highest BCUT2D eigenvalue weighted by Crippen LogP contribution is 2.36. The van der Waals surface area contributed by atoms with Crippen molar-refractivity contribution in [2.45, 2.75) is 40.2 Å². The molecule has 3 aromatic rings. The quantitative estimate of drug-likeness (QED) is 0.167. The van der Waals surface area contributed by atoms with E-state index < -0.39 is 18.0 Å². The van der Waals surface area contributed by atoms with Crippen LogP contribution in [-0.4, -0.2) is 43.9 Å². The highest BCUT2D eigenvalue weighted by atomic mass is 32.1. The van der Waals surface area contributed by atoms with Gasteiger partial charge in [0.05, 0.1) is 42.7 Å². The number of hydrogen-bond donors (Lipinski definition) is 0. The van der Waals surface area contributed by atoms with E-state index in [0.717, 1.165) is 12.0 Å². The van der Waals surface area contributed by atoms with Crippen molar-refractivity contribution in [3.05, 3.63) is 91.1 Å². The molecule has 1 aliphatic rings. The zero-order valence-corrected chi connectivity index (χ0v) is 26.5. The Hall–Kier alpha value is -4.64. The molecule has 0 spiro atoms. The molecule has 0 amide bonds. The summed E-state index contributed by atoms with van der Waals surface area (Å²) in [4.78, 5) is 44.0. The van der Waals surface area contributed by atoms with Crippen LogP contribution in [0.15, 0.2) is 70.1 Å². The molecule has 4 rings (SSSR count). The molecule has 0 N–H and O–H groups in total. The maximum absolute atomic E-state index is 14.0. The summed E-state index contributed by atoms with van der Waals surface area (Å²) in [5.74, 6) is 1.00. The van der Waals surface area contributed by atoms with Crippen molar-refractivity contribution in [3.8, 4) is 23.0 Å². The van der Waals surface area contributed by atoms with E-state index in [1.165, 1.54) is 36.0 Å². The van der Waals surface area contributed by atoms with Crippen LogP contribution >= 0.6 is 11.3 Å². The summed E-state index contributed by atoms with van der Waals surface area (Å²) in [7, 11) is 3.01. The van der Waals surface area contributed by atoms with Gasteiger partial charge in [0.25, 0.3) is 5.56 Å². The van der Waals surface area contributed by atoms with Gasteiger partial charge in [-0.3, -0.25) is 14.2 Å². The molecule has 0 saturated carbocycles. The first-order valence-electron chi connectivity index (χ1n) is 14.1. The summed E-state index contributed by atoms with van der Waals surface area (Å²) in [5.41, 5.74) is 1.52. The number of esters is 2. The number of rotatable bonds is 12. The molecule has 0 saturated heterocycles. The Bertz CT molecular complexity index is 1780. The minimum atomic E-state index is -0.891. The van der Waals surface area contributed by atoms with Crippen LogP contribution in [0.25, 0.3) is 6.08 Å². The highest BCUT2D eigenvalue weighted by Gasteiger charge is 2.34. The molecular weight excluding hydrogens is 584 g/mol. The molecule has 1 atom stereocenters. The summed E-state index contributed by atoms with van der Waals surface area (Å²) in [5, 5.41) is 0. The minimum Gasteiger partial charge on any atom is -0.493 e. The number of ether oxygens (including phenoxy) is 5. The maximum Gasteiger partial charge on any atom is 0.338 e. The van der Waals surface area contributed by atoms with Crippen molar-refractivity contribution in [1.82, 2.24) is 4.57 Å². The Morgan fingerprint density at radius 1 is 1.07 bits per heavy atom. The average molecular weight is 621 g/mol. The Labute approximate surface area is 259 Å². The summed E-state index contributed by atoms with van der Waals surface area (Å²) >= 11 is 1.20. The van der Waals surface area contributed by atoms with Gasteiger partial charge in [0.2, 0.25) is 0 Å². The standard InChI is InChI=1S/C33H36N2O8S/c1-8-14-42-32(38)29-20(4)34-33-35(30(29)23-10-12-25(43-21(5)36)27(18-23)40-7)31(37)28(44-33)17-22-9-11-24(26(16-22)39-6)41-15-13-19(2)3/h8-12,16-19,30H,1,13-15H2,2-7H3/b28-17-. The molecule has 0 bridgehead atoms. The van der Waals surface area contributed by atoms with Crippen LogP contribution in [0.4, 0.5) is 0 Å². The largest absolute Gasteiger partial charge is 0.493 e. The molecule has 0 radical (unpaired) electrons. The van der Waals surface area contributed by atoms with Crippen LogP contribution in [0.3, 0.4) is 0 Å². The van der Waals surface area contributed by atoms with Crippen LogP contribution in [0, 0.1) is 5.92 Å². The van der Waals surface area contributed by atoms with Gasteiger partial charge < -0.3 is 23.7 Å². The van der Waals surface area contributed by atoms with Gasteiger partial charge in [-0.05, 0) is 60.7 Å². The van der Waals surface area contributed by atoms with Gasteiger partial charge >= 0.3 is 11.9 Å². The van der Waals surface area contributed by atoms with Crippen molar-refractivity contribution in [1.29, 1.82) is 0 Å². The van der Waals surface area contributed by atoms with E-state index in [2.05, 4.69) is 25.4 Å². The molecular formula is C33H36N2O8S. The van der Waals surface area contributed by atoms with Crippen molar-refractivity contribution in [2.75, 3.05) is 27.4 Å². The number of carbonyl (C=O) groups is 2. The predicted molar refractivity (Wildman–Crippen MR) is 167 cm³/mol. The second-order valence-electron chi connectivity index (χ2n) is 10.4. The molecule has 1 aliphatic heterocycles. The molecule has 1 aromatic heterocycles. The van der Waals surface area contributed by atoms with Crippen LogP contribution in [0.5, 0.6) is 23.0 Å². The zero-order valence-electron chi connectivity index (χ0n) is 25.7. The van der Waals surface area contributed by atoms with Crippen LogP contribution in [0.2, 0.25) is 0 Å². The molecule has 2 aromatic carbocycles. The lowest BCUT2D eigenvalue weighted by molar-refractivity contribution is -0.138. The summed E-state index contributed by atoms with van der Waals surface area (Å²) in [6.45, 7) is 11.4. The lowest BCUT2D eigenvalue weighted by atomic mass is 9.95. The summed E-state index contributed by atoms with van der Waals surface area (Å²) in [6.07, 6.45) is 4.12. The Morgan fingerprint density at radius 3 is 2.43 bits per heavy atom. The summed E-state index contributed by atoms with van der Waals surface area (Å²) < 4.78 is 29.5. The van der Waals surface area contributed by atoms with Crippen LogP contribution < -0.4 is 33.8 Å². The van der Waals surface area contributed by atoms with E-state index in [4.69, 9.17) is 23.7 Å². The molecule has 2 heterocycles. The van der Waals surface area contributed by atoms with Crippen molar-refractivity contribution < 1.29 is 33.3 Å². The third-order valence-electron chi connectivity index (χ3n) is 6.77. The normalized spacial score (nSPS) is 14.5. The van der Waals surface area contributed by atoms with E-state index in [9.17, 15) is 14.4 Å². The Kier molecular flexibility index (Phi) is 10.4. The van der Waals surface area contributed by atoms with Crippen LogP contribution in [0.1, 0.15) is 51.3 Å². The van der Waals surface area contributed by atoms with Crippen molar-refractivity contribution >= 4 is 29.4 Å². The molecule has 10 nitrogen and oxygen atoms in total. The van der Waals surface area contributed by atoms with E-state index >= 15 is 0 Å². The van der Waals surface area contributed by atoms with E-state index in [1.807, 2.05) is 18.2 Å². The van der Waals surface area contributed by atoms with Gasteiger partial charge in [0.1, 0.15) is 6.61 Å². The number of hydrogen-bond acceptors (Lipinski definition) is 10. The van der Waals surface area contributed by atoms with Crippen molar-refractivity contribution in [2.24, 2.45) is 10.9 Å². The predicted octanol–water partition coefficient (Wildman–Crippen LogP) is 4.33. The fraction of sp³-hybridized carbons (Fsp3) is 0.333. The Morgan fingerprint density at radius 2 is 1.77 bits per heavy atom. The smallest absolute Gasteiger partial charge is 0.338 e.